The highest BCUT2D eigenvalue weighted by atomic mass is 19.1. The lowest BCUT2D eigenvalue weighted by Crippen LogP contribution is -2.48. The van der Waals surface area contributed by atoms with Crippen LogP contribution in [-0.4, -0.2) is 36.3 Å². The van der Waals surface area contributed by atoms with Crippen LogP contribution in [-0.2, 0) is 6.54 Å². The number of nitrogens with zero attached hydrogens (tertiary/aromatic N) is 1. The van der Waals surface area contributed by atoms with Gasteiger partial charge in [0.15, 0.2) is 11.6 Å². The molecule has 1 N–H and O–H groups in total. The molecule has 106 valence electrons. The predicted octanol–water partition coefficient (Wildman–Crippen LogP) is 2.43. The summed E-state index contributed by atoms with van der Waals surface area (Å²) >= 11 is 0. The molecule has 0 amide bonds. The van der Waals surface area contributed by atoms with E-state index in [0.717, 1.165) is 25.1 Å². The van der Waals surface area contributed by atoms with Gasteiger partial charge in [0.05, 0.1) is 13.2 Å². The molecule has 1 aliphatic rings. The number of benzene rings is 1. The summed E-state index contributed by atoms with van der Waals surface area (Å²) in [6.07, 6.45) is 0.516. The zero-order chi connectivity index (χ0) is 14.0. The van der Waals surface area contributed by atoms with E-state index in [2.05, 4.69) is 18.7 Å². The third kappa shape index (κ3) is 3.25. The number of methoxy groups -OCH3 is 1. The van der Waals surface area contributed by atoms with Crippen molar-refractivity contribution in [2.24, 2.45) is 5.41 Å². The summed E-state index contributed by atoms with van der Waals surface area (Å²) in [5, 5.41) is 9.93. The topological polar surface area (TPSA) is 32.7 Å². The molecule has 1 heterocycles. The Labute approximate surface area is 114 Å². The van der Waals surface area contributed by atoms with Crippen LogP contribution >= 0.6 is 0 Å². The van der Waals surface area contributed by atoms with Crippen LogP contribution in [0.5, 0.6) is 5.75 Å². The van der Waals surface area contributed by atoms with Crippen molar-refractivity contribution < 1.29 is 14.2 Å². The van der Waals surface area contributed by atoms with Crippen molar-refractivity contribution in [3.05, 3.63) is 29.6 Å². The third-order valence-electron chi connectivity index (χ3n) is 3.87. The summed E-state index contributed by atoms with van der Waals surface area (Å²) in [5.74, 6) is -0.0468. The monoisotopic (exact) mass is 267 g/mol. The number of piperidine rings is 1. The van der Waals surface area contributed by atoms with Gasteiger partial charge >= 0.3 is 0 Å². The van der Waals surface area contributed by atoms with Crippen molar-refractivity contribution in [2.45, 2.75) is 32.9 Å². The van der Waals surface area contributed by atoms with Crippen LogP contribution < -0.4 is 4.74 Å². The minimum Gasteiger partial charge on any atom is -0.494 e. The Bertz CT molecular complexity index is 448. The number of hydrogen-bond donors (Lipinski definition) is 1. The number of likely N-dealkylation sites (tertiary alicyclic amines) is 1. The molecule has 1 unspecified atom stereocenters. The first kappa shape index (κ1) is 14.3. The van der Waals surface area contributed by atoms with E-state index >= 15 is 0 Å². The van der Waals surface area contributed by atoms with Crippen LogP contribution in [0.4, 0.5) is 4.39 Å². The van der Waals surface area contributed by atoms with Gasteiger partial charge in [-0.2, -0.15) is 0 Å². The fourth-order valence-corrected chi connectivity index (χ4v) is 2.66. The van der Waals surface area contributed by atoms with Crippen LogP contribution in [0.1, 0.15) is 25.8 Å². The summed E-state index contributed by atoms with van der Waals surface area (Å²) < 4.78 is 18.6. The zero-order valence-electron chi connectivity index (χ0n) is 11.8. The molecule has 0 aliphatic carbocycles. The highest BCUT2D eigenvalue weighted by molar-refractivity contribution is 5.29. The molecule has 1 aromatic rings. The fourth-order valence-electron chi connectivity index (χ4n) is 2.66. The molecule has 1 fully saturated rings. The van der Waals surface area contributed by atoms with Gasteiger partial charge in [-0.1, -0.05) is 19.9 Å². The molecular formula is C15H22FNO2. The number of aliphatic hydroxyl groups is 1. The van der Waals surface area contributed by atoms with Gasteiger partial charge in [0, 0.05) is 25.0 Å². The number of rotatable bonds is 3. The van der Waals surface area contributed by atoms with Crippen molar-refractivity contribution in [1.29, 1.82) is 0 Å². The molecule has 0 spiro atoms. The Morgan fingerprint density at radius 2 is 2.21 bits per heavy atom. The average Bonchev–Trinajstić information content (AvgIpc) is 2.34. The highest BCUT2D eigenvalue weighted by Gasteiger charge is 2.34. The second-order valence-electron chi connectivity index (χ2n) is 5.97. The maximum Gasteiger partial charge on any atom is 0.165 e. The molecule has 1 aliphatic heterocycles. The smallest absolute Gasteiger partial charge is 0.165 e. The van der Waals surface area contributed by atoms with Crippen LogP contribution in [0, 0.1) is 11.2 Å². The molecule has 0 aromatic heterocycles. The second kappa shape index (κ2) is 5.47. The number of ether oxygens (including phenoxy) is 1. The van der Waals surface area contributed by atoms with E-state index in [0.29, 0.717) is 6.54 Å². The van der Waals surface area contributed by atoms with E-state index in [9.17, 15) is 9.50 Å². The average molecular weight is 267 g/mol. The SMILES string of the molecule is COc1ccc(CN2CCC(O)C(C)(C)C2)cc1F. The Balaban J connectivity index is 2.04. The molecular weight excluding hydrogens is 245 g/mol. The lowest BCUT2D eigenvalue weighted by atomic mass is 9.81. The minimum absolute atomic E-state index is 0.108. The van der Waals surface area contributed by atoms with Gasteiger partial charge in [0.2, 0.25) is 0 Å². The molecule has 4 heteroatoms. The number of hydrogen-bond acceptors (Lipinski definition) is 3. The minimum atomic E-state index is -0.323. The maximum atomic E-state index is 13.6. The van der Waals surface area contributed by atoms with Gasteiger partial charge in [-0.25, -0.2) is 4.39 Å². The van der Waals surface area contributed by atoms with Crippen LogP contribution in [0.2, 0.25) is 0 Å². The van der Waals surface area contributed by atoms with Gasteiger partial charge in [0.25, 0.3) is 0 Å². The van der Waals surface area contributed by atoms with Crippen LogP contribution in [0.25, 0.3) is 0 Å². The normalized spacial score (nSPS) is 23.3. The molecule has 0 bridgehead atoms. The van der Waals surface area contributed by atoms with E-state index < -0.39 is 0 Å². The highest BCUT2D eigenvalue weighted by Crippen LogP contribution is 2.30. The largest absolute Gasteiger partial charge is 0.494 e. The third-order valence-corrected chi connectivity index (χ3v) is 3.87. The molecule has 19 heavy (non-hydrogen) atoms. The standard InChI is InChI=1S/C15H22FNO2/c1-15(2)10-17(7-6-14(15)18)9-11-4-5-13(19-3)12(16)8-11/h4-5,8,14,18H,6-7,9-10H2,1-3H3. The van der Waals surface area contributed by atoms with E-state index in [-0.39, 0.29) is 23.1 Å². The first-order valence-electron chi connectivity index (χ1n) is 6.65. The van der Waals surface area contributed by atoms with Crippen molar-refractivity contribution >= 4 is 0 Å². The van der Waals surface area contributed by atoms with Crippen LogP contribution in [0.3, 0.4) is 0 Å². The molecule has 1 atom stereocenters. The molecule has 0 saturated carbocycles. The summed E-state index contributed by atoms with van der Waals surface area (Å²) in [4.78, 5) is 2.26. The van der Waals surface area contributed by atoms with Gasteiger partial charge in [-0.05, 0) is 24.1 Å². The molecule has 2 rings (SSSR count). The first-order valence-corrected chi connectivity index (χ1v) is 6.65. The summed E-state index contributed by atoms with van der Waals surface area (Å²) in [6.45, 7) is 6.51. The summed E-state index contributed by atoms with van der Waals surface area (Å²) in [6, 6.07) is 5.07. The Hall–Kier alpha value is -1.13. The number of aliphatic hydroxyl groups excluding tert-OH is 1. The Morgan fingerprint density at radius 3 is 2.79 bits per heavy atom. The van der Waals surface area contributed by atoms with E-state index in [1.807, 2.05) is 6.07 Å². The first-order chi connectivity index (χ1) is 8.92. The lowest BCUT2D eigenvalue weighted by molar-refractivity contribution is -0.0270. The van der Waals surface area contributed by atoms with Crippen LogP contribution in [0.15, 0.2) is 18.2 Å². The van der Waals surface area contributed by atoms with E-state index in [1.54, 1.807) is 6.07 Å². The quantitative estimate of drug-likeness (QED) is 0.913. The molecule has 1 saturated heterocycles. The lowest BCUT2D eigenvalue weighted by Gasteiger charge is -2.41. The van der Waals surface area contributed by atoms with Crippen molar-refractivity contribution in [3.8, 4) is 5.75 Å². The molecule has 3 nitrogen and oxygen atoms in total. The van der Waals surface area contributed by atoms with Gasteiger partial charge < -0.3 is 9.84 Å². The second-order valence-corrected chi connectivity index (χ2v) is 5.97. The maximum absolute atomic E-state index is 13.6. The molecule has 0 radical (unpaired) electrons. The summed E-state index contributed by atoms with van der Waals surface area (Å²) in [7, 11) is 1.46. The Morgan fingerprint density at radius 1 is 1.47 bits per heavy atom. The molecule has 1 aromatic carbocycles. The Kier molecular flexibility index (Phi) is 4.11. The van der Waals surface area contributed by atoms with Gasteiger partial charge in [-0.3, -0.25) is 4.90 Å². The number of halogens is 1. The predicted molar refractivity (Wildman–Crippen MR) is 72.6 cm³/mol. The fraction of sp³-hybridized carbons (Fsp3) is 0.600. The van der Waals surface area contributed by atoms with E-state index in [1.165, 1.54) is 13.2 Å². The van der Waals surface area contributed by atoms with E-state index in [4.69, 9.17) is 4.74 Å². The van der Waals surface area contributed by atoms with Crippen molar-refractivity contribution in [2.75, 3.05) is 20.2 Å². The summed E-state index contributed by atoms with van der Waals surface area (Å²) in [5.41, 5.74) is 0.828. The van der Waals surface area contributed by atoms with Gasteiger partial charge in [0.1, 0.15) is 0 Å². The van der Waals surface area contributed by atoms with Gasteiger partial charge in [-0.15, -0.1) is 0 Å². The van der Waals surface area contributed by atoms with Crippen molar-refractivity contribution in [3.63, 3.8) is 0 Å². The zero-order valence-corrected chi connectivity index (χ0v) is 11.8. The van der Waals surface area contributed by atoms with Crippen molar-refractivity contribution in [1.82, 2.24) is 4.90 Å².